The van der Waals surface area contributed by atoms with Crippen molar-refractivity contribution >= 4 is 5.78 Å². The molecule has 0 atom stereocenters. The van der Waals surface area contributed by atoms with Crippen LogP contribution in [-0.2, 0) is 11.3 Å². The van der Waals surface area contributed by atoms with Gasteiger partial charge in [-0.25, -0.2) is 4.98 Å². The van der Waals surface area contributed by atoms with E-state index in [1.165, 1.54) is 0 Å². The monoisotopic (exact) mass is 248 g/mol. The second kappa shape index (κ2) is 5.96. The first kappa shape index (κ1) is 13.0. The lowest BCUT2D eigenvalue weighted by Gasteiger charge is -2.30. The second-order valence-corrected chi connectivity index (χ2v) is 4.86. The first-order valence-electron chi connectivity index (χ1n) is 6.41. The molecular weight excluding hydrogens is 228 g/mol. The van der Waals surface area contributed by atoms with Crippen LogP contribution in [0.1, 0.15) is 31.4 Å². The van der Waals surface area contributed by atoms with Crippen LogP contribution in [0, 0.1) is 0 Å². The molecule has 0 spiro atoms. The molecule has 0 N–H and O–H groups in total. The fraction of sp³-hybridized carbons (Fsp3) is 0.571. The summed E-state index contributed by atoms with van der Waals surface area (Å²) < 4.78 is 5.12. The Morgan fingerprint density at radius 1 is 1.39 bits per heavy atom. The molecule has 2 rings (SSSR count). The Morgan fingerprint density at radius 3 is 2.78 bits per heavy atom. The highest BCUT2D eigenvalue weighted by molar-refractivity contribution is 5.79. The highest BCUT2D eigenvalue weighted by Gasteiger charge is 2.22. The van der Waals surface area contributed by atoms with E-state index in [0.717, 1.165) is 37.9 Å². The molecule has 0 saturated heterocycles. The van der Waals surface area contributed by atoms with Crippen LogP contribution in [0.25, 0.3) is 0 Å². The summed E-state index contributed by atoms with van der Waals surface area (Å²) in [6, 6.07) is 6.31. The lowest BCUT2D eigenvalue weighted by molar-refractivity contribution is -0.121. The zero-order valence-electron chi connectivity index (χ0n) is 11.1. The Hall–Kier alpha value is -1.42. The van der Waals surface area contributed by atoms with Crippen molar-refractivity contribution in [3.63, 3.8) is 0 Å². The van der Waals surface area contributed by atoms with Gasteiger partial charge in [0, 0.05) is 31.5 Å². The number of ether oxygens (including phenoxy) is 1. The number of ketones is 1. The Kier molecular flexibility index (Phi) is 4.31. The third-order valence-corrected chi connectivity index (χ3v) is 3.54. The van der Waals surface area contributed by atoms with Crippen molar-refractivity contribution in [1.29, 1.82) is 0 Å². The van der Waals surface area contributed by atoms with E-state index in [1.807, 2.05) is 18.2 Å². The van der Waals surface area contributed by atoms with Crippen LogP contribution < -0.4 is 4.74 Å². The highest BCUT2D eigenvalue weighted by atomic mass is 16.5. The summed E-state index contributed by atoms with van der Waals surface area (Å²) in [7, 11) is 3.73. The van der Waals surface area contributed by atoms with Crippen molar-refractivity contribution in [2.75, 3.05) is 14.2 Å². The van der Waals surface area contributed by atoms with Gasteiger partial charge in [0.1, 0.15) is 5.78 Å². The van der Waals surface area contributed by atoms with Crippen molar-refractivity contribution in [2.24, 2.45) is 0 Å². The van der Waals surface area contributed by atoms with Gasteiger partial charge in [0.2, 0.25) is 5.88 Å². The van der Waals surface area contributed by atoms with Crippen LogP contribution in [-0.4, -0.2) is 35.9 Å². The van der Waals surface area contributed by atoms with Crippen molar-refractivity contribution < 1.29 is 9.53 Å². The molecule has 0 aromatic carbocycles. The summed E-state index contributed by atoms with van der Waals surface area (Å²) in [5.41, 5.74) is 1.01. The van der Waals surface area contributed by atoms with Gasteiger partial charge in [0.05, 0.1) is 12.8 Å². The van der Waals surface area contributed by atoms with Crippen molar-refractivity contribution in [2.45, 2.75) is 38.3 Å². The van der Waals surface area contributed by atoms with E-state index < -0.39 is 0 Å². The molecule has 0 radical (unpaired) electrons. The van der Waals surface area contributed by atoms with E-state index in [4.69, 9.17) is 4.74 Å². The zero-order valence-corrected chi connectivity index (χ0v) is 11.1. The fourth-order valence-corrected chi connectivity index (χ4v) is 2.41. The third-order valence-electron chi connectivity index (χ3n) is 3.54. The quantitative estimate of drug-likeness (QED) is 0.817. The predicted molar refractivity (Wildman–Crippen MR) is 69.5 cm³/mol. The molecule has 1 fully saturated rings. The number of carbonyl (C=O) groups excluding carboxylic acids is 1. The number of carbonyl (C=O) groups is 1. The molecule has 0 aliphatic heterocycles. The molecule has 1 aromatic rings. The van der Waals surface area contributed by atoms with Gasteiger partial charge in [-0.15, -0.1) is 0 Å². The van der Waals surface area contributed by atoms with Gasteiger partial charge in [0.25, 0.3) is 0 Å². The summed E-state index contributed by atoms with van der Waals surface area (Å²) in [5.74, 6) is 1.05. The fourth-order valence-electron chi connectivity index (χ4n) is 2.41. The number of rotatable bonds is 4. The van der Waals surface area contributed by atoms with Crippen LogP contribution in [0.4, 0.5) is 0 Å². The molecule has 1 aromatic heterocycles. The summed E-state index contributed by atoms with van der Waals surface area (Å²) in [6.07, 6.45) is 3.39. The summed E-state index contributed by atoms with van der Waals surface area (Å²) in [5, 5.41) is 0. The number of Topliss-reactive ketones (excluding diaryl/α,β-unsaturated/α-hetero) is 1. The van der Waals surface area contributed by atoms with E-state index in [1.54, 1.807) is 7.11 Å². The van der Waals surface area contributed by atoms with E-state index in [9.17, 15) is 4.79 Å². The molecule has 98 valence electrons. The maximum Gasteiger partial charge on any atom is 0.213 e. The Labute approximate surface area is 108 Å². The van der Waals surface area contributed by atoms with Crippen LogP contribution in [0.3, 0.4) is 0 Å². The summed E-state index contributed by atoms with van der Waals surface area (Å²) in [4.78, 5) is 17.9. The lowest BCUT2D eigenvalue weighted by atomic mass is 9.93. The minimum absolute atomic E-state index is 0.402. The molecule has 0 bridgehead atoms. The molecular formula is C14H20N2O2. The molecule has 1 aliphatic carbocycles. The van der Waals surface area contributed by atoms with Crippen LogP contribution in [0.15, 0.2) is 18.2 Å². The number of nitrogens with zero attached hydrogens (tertiary/aromatic N) is 2. The highest BCUT2D eigenvalue weighted by Crippen LogP contribution is 2.21. The Bertz CT molecular complexity index is 410. The smallest absolute Gasteiger partial charge is 0.213 e. The van der Waals surface area contributed by atoms with Gasteiger partial charge in [-0.3, -0.25) is 9.69 Å². The van der Waals surface area contributed by atoms with Crippen LogP contribution in [0.2, 0.25) is 0 Å². The number of pyridine rings is 1. The van der Waals surface area contributed by atoms with E-state index in [2.05, 4.69) is 16.9 Å². The SMILES string of the molecule is COc1cccc(CN(C)C2CCC(=O)CC2)n1. The Morgan fingerprint density at radius 2 is 2.11 bits per heavy atom. The zero-order chi connectivity index (χ0) is 13.0. The number of methoxy groups -OCH3 is 1. The average Bonchev–Trinajstić information content (AvgIpc) is 2.39. The standard InChI is InChI=1S/C14H20N2O2/c1-16(12-6-8-13(17)9-7-12)10-11-4-3-5-14(15-11)18-2/h3-5,12H,6-10H2,1-2H3. The molecule has 4 heteroatoms. The van der Waals surface area contributed by atoms with Crippen molar-refractivity contribution in [1.82, 2.24) is 9.88 Å². The number of hydrogen-bond donors (Lipinski definition) is 0. The van der Waals surface area contributed by atoms with E-state index >= 15 is 0 Å². The average molecular weight is 248 g/mol. The molecule has 1 heterocycles. The van der Waals surface area contributed by atoms with E-state index in [0.29, 0.717) is 17.7 Å². The molecule has 0 unspecified atom stereocenters. The Balaban J connectivity index is 1.93. The lowest BCUT2D eigenvalue weighted by Crippen LogP contribution is -2.35. The largest absolute Gasteiger partial charge is 0.481 e. The van der Waals surface area contributed by atoms with Gasteiger partial charge in [-0.05, 0) is 26.0 Å². The van der Waals surface area contributed by atoms with Crippen molar-refractivity contribution in [3.8, 4) is 5.88 Å². The molecule has 4 nitrogen and oxygen atoms in total. The van der Waals surface area contributed by atoms with Gasteiger partial charge >= 0.3 is 0 Å². The first-order valence-corrected chi connectivity index (χ1v) is 6.41. The van der Waals surface area contributed by atoms with Crippen LogP contribution >= 0.6 is 0 Å². The summed E-state index contributed by atoms with van der Waals surface area (Å²) >= 11 is 0. The van der Waals surface area contributed by atoms with E-state index in [-0.39, 0.29) is 0 Å². The molecule has 18 heavy (non-hydrogen) atoms. The second-order valence-electron chi connectivity index (χ2n) is 4.86. The molecule has 1 aliphatic rings. The maximum absolute atomic E-state index is 11.2. The molecule has 1 saturated carbocycles. The normalized spacial score (nSPS) is 17.2. The van der Waals surface area contributed by atoms with Gasteiger partial charge < -0.3 is 4.74 Å². The van der Waals surface area contributed by atoms with Crippen molar-refractivity contribution in [3.05, 3.63) is 23.9 Å². The molecule has 0 amide bonds. The maximum atomic E-state index is 11.2. The number of hydrogen-bond acceptors (Lipinski definition) is 4. The van der Waals surface area contributed by atoms with Gasteiger partial charge in [0.15, 0.2) is 0 Å². The minimum Gasteiger partial charge on any atom is -0.481 e. The minimum atomic E-state index is 0.402. The van der Waals surface area contributed by atoms with Gasteiger partial charge in [-0.1, -0.05) is 6.07 Å². The third kappa shape index (κ3) is 3.29. The van der Waals surface area contributed by atoms with Gasteiger partial charge in [-0.2, -0.15) is 0 Å². The van der Waals surface area contributed by atoms with Crippen LogP contribution in [0.5, 0.6) is 5.88 Å². The first-order chi connectivity index (χ1) is 8.69. The topological polar surface area (TPSA) is 42.4 Å². The predicted octanol–water partition coefficient (Wildman–Crippen LogP) is 2.03. The number of aromatic nitrogens is 1. The summed E-state index contributed by atoms with van der Waals surface area (Å²) in [6.45, 7) is 0.802.